The molecule has 0 aliphatic rings. The molecule has 0 radical (unpaired) electrons. The van der Waals surface area contributed by atoms with E-state index in [1.54, 1.807) is 0 Å². The molecule has 0 aliphatic carbocycles. The zero-order chi connectivity index (χ0) is 8.69. The fraction of sp³-hybridized carbons (Fsp3) is 0.800. The van der Waals surface area contributed by atoms with Gasteiger partial charge in [-0.05, 0) is 4.57 Å². The van der Waals surface area contributed by atoms with Gasteiger partial charge in [-0.1, -0.05) is 0 Å². The Balaban J connectivity index is 3.38. The summed E-state index contributed by atoms with van der Waals surface area (Å²) in [5, 5.41) is 0. The number of ether oxygens (including phenoxy) is 2. The second-order valence-electron chi connectivity index (χ2n) is 1.60. The van der Waals surface area contributed by atoms with E-state index in [1.807, 2.05) is 0 Å². The molecular weight excluding hydrogens is 171 g/mol. The molecule has 11 heavy (non-hydrogen) atoms. The van der Waals surface area contributed by atoms with Gasteiger partial charge in [0.15, 0.2) is 6.61 Å². The molecule has 0 N–H and O–H groups in total. The zero-order valence-electron chi connectivity index (χ0n) is 6.40. The Morgan fingerprint density at radius 2 is 2.09 bits per heavy atom. The van der Waals surface area contributed by atoms with Gasteiger partial charge in [0.25, 0.3) is 6.35 Å². The summed E-state index contributed by atoms with van der Waals surface area (Å²) in [6.07, 6.45) is -0.00761. The first kappa shape index (κ1) is 10.5. The third-order valence-electron chi connectivity index (χ3n) is 0.789. The van der Waals surface area contributed by atoms with Crippen LogP contribution in [0.15, 0.2) is 0 Å². The van der Waals surface area contributed by atoms with Crippen LogP contribution < -0.4 is 0 Å². The minimum Gasteiger partial charge on any atom is -0.467 e. The Morgan fingerprint density at radius 1 is 1.45 bits per heavy atom. The van der Waals surface area contributed by atoms with Gasteiger partial charge in [-0.2, -0.15) is 0 Å². The lowest BCUT2D eigenvalue weighted by Crippen LogP contribution is -2.07. The number of hydrogen-bond acceptors (Lipinski definition) is 5. The standard InChI is InChI=1S/C5H10O5P/c1-8-4-11(7)10-3-5(6)9-2/h3-4H2,1-2H3/q+1. The molecule has 0 heterocycles. The highest BCUT2D eigenvalue weighted by molar-refractivity contribution is 7.38. The predicted octanol–water partition coefficient (Wildman–Crippen LogP) is 0.522. The Kier molecular flexibility index (Phi) is 5.93. The smallest absolute Gasteiger partial charge is 0.467 e. The maximum atomic E-state index is 10.7. The van der Waals surface area contributed by atoms with E-state index >= 15 is 0 Å². The molecule has 1 unspecified atom stereocenters. The molecule has 64 valence electrons. The number of rotatable bonds is 5. The highest BCUT2D eigenvalue weighted by Crippen LogP contribution is 2.20. The lowest BCUT2D eigenvalue weighted by atomic mass is 10.8. The second kappa shape index (κ2) is 6.22. The fourth-order valence-corrected chi connectivity index (χ4v) is 0.861. The van der Waals surface area contributed by atoms with Gasteiger partial charge in [0.05, 0.1) is 7.11 Å². The SMILES string of the molecule is COC[P+](=O)OCC(=O)OC. The van der Waals surface area contributed by atoms with Gasteiger partial charge < -0.3 is 9.47 Å². The molecule has 0 rings (SSSR count). The van der Waals surface area contributed by atoms with Crippen LogP contribution in [0.3, 0.4) is 0 Å². The Hall–Kier alpha value is -0.510. The molecule has 1 atom stereocenters. The van der Waals surface area contributed by atoms with Crippen LogP contribution in [-0.4, -0.2) is 33.1 Å². The first-order valence-electron chi connectivity index (χ1n) is 2.84. The average molecular weight is 181 g/mol. The number of hydrogen-bond donors (Lipinski definition) is 0. The molecule has 5 nitrogen and oxygen atoms in total. The molecule has 0 aliphatic heterocycles. The summed E-state index contributed by atoms with van der Waals surface area (Å²) >= 11 is 0. The van der Waals surface area contributed by atoms with Gasteiger partial charge in [0, 0.05) is 7.11 Å². The third-order valence-corrected chi connectivity index (χ3v) is 1.67. The Morgan fingerprint density at radius 3 is 2.55 bits per heavy atom. The van der Waals surface area contributed by atoms with Gasteiger partial charge in [-0.25, -0.2) is 4.79 Å². The highest BCUT2D eigenvalue weighted by atomic mass is 31.1. The first-order chi connectivity index (χ1) is 5.20. The maximum Gasteiger partial charge on any atom is 0.537 e. The summed E-state index contributed by atoms with van der Waals surface area (Å²) in [6.45, 7) is -0.297. The van der Waals surface area contributed by atoms with Gasteiger partial charge in [-0.15, -0.1) is 4.52 Å². The molecular formula is C5H10O5P+. The van der Waals surface area contributed by atoms with Crippen molar-refractivity contribution in [2.24, 2.45) is 0 Å². The van der Waals surface area contributed by atoms with Crippen LogP contribution in [0.25, 0.3) is 0 Å². The summed E-state index contributed by atoms with van der Waals surface area (Å²) in [7, 11) is 0.737. The van der Waals surface area contributed by atoms with Gasteiger partial charge in [0.1, 0.15) is 0 Å². The molecule has 0 bridgehead atoms. The van der Waals surface area contributed by atoms with E-state index in [9.17, 15) is 9.36 Å². The van der Waals surface area contributed by atoms with Crippen LogP contribution in [-0.2, 0) is 23.4 Å². The zero-order valence-corrected chi connectivity index (χ0v) is 7.30. The fourth-order valence-electron chi connectivity index (χ4n) is 0.326. The lowest BCUT2D eigenvalue weighted by molar-refractivity contribution is -0.142. The summed E-state index contributed by atoms with van der Waals surface area (Å²) in [4.78, 5) is 10.4. The van der Waals surface area contributed by atoms with Crippen molar-refractivity contribution in [1.82, 2.24) is 0 Å². The van der Waals surface area contributed by atoms with Crippen molar-refractivity contribution in [3.63, 3.8) is 0 Å². The number of carbonyl (C=O) groups excluding carboxylic acids is 1. The van der Waals surface area contributed by atoms with Crippen LogP contribution in [0.2, 0.25) is 0 Å². The van der Waals surface area contributed by atoms with E-state index < -0.39 is 14.0 Å². The Bertz CT molecular complexity index is 146. The van der Waals surface area contributed by atoms with Crippen molar-refractivity contribution in [2.45, 2.75) is 0 Å². The normalized spacial score (nSPS) is 10.9. The molecule has 0 spiro atoms. The van der Waals surface area contributed by atoms with Crippen LogP contribution in [0, 0.1) is 0 Å². The van der Waals surface area contributed by atoms with E-state index in [0.717, 1.165) is 0 Å². The van der Waals surface area contributed by atoms with Crippen LogP contribution in [0.1, 0.15) is 0 Å². The molecule has 0 aromatic rings. The van der Waals surface area contributed by atoms with E-state index in [-0.39, 0.29) is 13.0 Å². The van der Waals surface area contributed by atoms with Crippen molar-refractivity contribution in [2.75, 3.05) is 27.2 Å². The molecule has 0 aromatic heterocycles. The lowest BCUT2D eigenvalue weighted by Gasteiger charge is -1.91. The number of esters is 1. The predicted molar refractivity (Wildman–Crippen MR) is 37.5 cm³/mol. The number of methoxy groups -OCH3 is 2. The largest absolute Gasteiger partial charge is 0.537 e. The van der Waals surface area contributed by atoms with Crippen molar-refractivity contribution < 1.29 is 23.4 Å². The Labute approximate surface area is 65.5 Å². The molecule has 6 heteroatoms. The molecule has 0 saturated heterocycles. The second-order valence-corrected chi connectivity index (χ2v) is 2.78. The minimum atomic E-state index is -1.89. The van der Waals surface area contributed by atoms with Crippen molar-refractivity contribution in [1.29, 1.82) is 0 Å². The van der Waals surface area contributed by atoms with Crippen LogP contribution in [0.4, 0.5) is 0 Å². The molecule has 0 amide bonds. The van der Waals surface area contributed by atoms with Gasteiger partial charge in [-0.3, -0.25) is 0 Å². The average Bonchev–Trinajstić information content (AvgIpc) is 2.01. The summed E-state index contributed by atoms with van der Waals surface area (Å²) in [5.41, 5.74) is 0. The topological polar surface area (TPSA) is 61.8 Å². The monoisotopic (exact) mass is 181 g/mol. The number of carbonyl (C=O) groups is 1. The van der Waals surface area contributed by atoms with Gasteiger partial charge in [0.2, 0.25) is 0 Å². The summed E-state index contributed by atoms with van der Waals surface area (Å²) in [5.74, 6) is -0.551. The molecule has 0 aromatic carbocycles. The van der Waals surface area contributed by atoms with Crippen LogP contribution >= 0.6 is 8.03 Å². The van der Waals surface area contributed by atoms with Crippen LogP contribution in [0.5, 0.6) is 0 Å². The highest BCUT2D eigenvalue weighted by Gasteiger charge is 2.18. The van der Waals surface area contributed by atoms with E-state index in [1.165, 1.54) is 14.2 Å². The van der Waals surface area contributed by atoms with Crippen molar-refractivity contribution in [3.05, 3.63) is 0 Å². The van der Waals surface area contributed by atoms with Crippen molar-refractivity contribution in [3.8, 4) is 0 Å². The quantitative estimate of drug-likeness (QED) is 0.457. The minimum absolute atomic E-state index is 0.00761. The van der Waals surface area contributed by atoms with E-state index in [2.05, 4.69) is 14.0 Å². The van der Waals surface area contributed by atoms with Crippen molar-refractivity contribution >= 4 is 14.0 Å². The molecule has 0 fully saturated rings. The maximum absolute atomic E-state index is 10.7. The van der Waals surface area contributed by atoms with Gasteiger partial charge >= 0.3 is 14.0 Å². The molecule has 0 saturated carbocycles. The van der Waals surface area contributed by atoms with E-state index in [0.29, 0.717) is 0 Å². The summed E-state index contributed by atoms with van der Waals surface area (Å²) < 4.78 is 24.0. The first-order valence-corrected chi connectivity index (χ1v) is 4.20. The third kappa shape index (κ3) is 5.91. The summed E-state index contributed by atoms with van der Waals surface area (Å²) in [6, 6.07) is 0. The van der Waals surface area contributed by atoms with E-state index in [4.69, 9.17) is 0 Å².